The third-order valence-electron chi connectivity index (χ3n) is 2.92. The van der Waals surface area contributed by atoms with Gasteiger partial charge in [-0.3, -0.25) is 0 Å². The summed E-state index contributed by atoms with van der Waals surface area (Å²) in [5.74, 6) is 0.797. The molecule has 0 heterocycles. The number of phenols is 1. The first-order chi connectivity index (χ1) is 8.67. The molecule has 1 N–H and O–H groups in total. The second-order valence-corrected chi connectivity index (χ2v) is 4.68. The van der Waals surface area contributed by atoms with E-state index in [0.29, 0.717) is 12.4 Å². The van der Waals surface area contributed by atoms with Crippen molar-refractivity contribution >= 4 is 0 Å². The molecule has 1 aromatic rings. The zero-order chi connectivity index (χ0) is 13.4. The summed E-state index contributed by atoms with van der Waals surface area (Å²) in [7, 11) is 2.13. The lowest BCUT2D eigenvalue weighted by Gasteiger charge is -2.17. The molecule has 102 valence electrons. The first-order valence-corrected chi connectivity index (χ1v) is 6.80. The fourth-order valence-corrected chi connectivity index (χ4v) is 1.95. The molecule has 0 aromatic heterocycles. The van der Waals surface area contributed by atoms with Crippen molar-refractivity contribution in [1.29, 1.82) is 0 Å². The summed E-state index contributed by atoms with van der Waals surface area (Å²) < 4.78 is 5.39. The lowest BCUT2D eigenvalue weighted by atomic mass is 10.2. The Morgan fingerprint density at radius 3 is 2.67 bits per heavy atom. The summed E-state index contributed by atoms with van der Waals surface area (Å²) in [5, 5.41) is 9.63. The van der Waals surface area contributed by atoms with Crippen LogP contribution in [0.4, 0.5) is 0 Å². The summed E-state index contributed by atoms with van der Waals surface area (Å²) in [6, 6.07) is 5.59. The predicted molar refractivity (Wildman–Crippen MR) is 75.1 cm³/mol. The topological polar surface area (TPSA) is 32.7 Å². The predicted octanol–water partition coefficient (Wildman–Crippen LogP) is 3.41. The van der Waals surface area contributed by atoms with E-state index in [1.165, 1.54) is 24.8 Å². The van der Waals surface area contributed by atoms with Gasteiger partial charge in [-0.1, -0.05) is 25.8 Å². The largest absolute Gasteiger partial charge is 0.504 e. The quantitative estimate of drug-likeness (QED) is 0.719. The lowest BCUT2D eigenvalue weighted by molar-refractivity contribution is 0.308. The summed E-state index contributed by atoms with van der Waals surface area (Å²) in [6.07, 6.45) is 3.77. The smallest absolute Gasteiger partial charge is 0.161 e. The SMILES string of the molecule is CCCCCN(C)Cc1ccc(O)c(OCC)c1. The van der Waals surface area contributed by atoms with Crippen LogP contribution in [0.3, 0.4) is 0 Å². The van der Waals surface area contributed by atoms with E-state index in [2.05, 4.69) is 18.9 Å². The zero-order valence-corrected chi connectivity index (χ0v) is 11.8. The number of aromatic hydroxyl groups is 1. The van der Waals surface area contributed by atoms with Crippen LogP contribution in [0.2, 0.25) is 0 Å². The van der Waals surface area contributed by atoms with Crippen LogP contribution < -0.4 is 4.74 Å². The highest BCUT2D eigenvalue weighted by Crippen LogP contribution is 2.27. The first kappa shape index (κ1) is 14.8. The van der Waals surface area contributed by atoms with Gasteiger partial charge >= 0.3 is 0 Å². The highest BCUT2D eigenvalue weighted by molar-refractivity contribution is 5.41. The summed E-state index contributed by atoms with van der Waals surface area (Å²) in [4.78, 5) is 2.30. The van der Waals surface area contributed by atoms with Gasteiger partial charge in [0.2, 0.25) is 0 Å². The number of phenolic OH excluding ortho intramolecular Hbond substituents is 1. The number of nitrogens with zero attached hydrogens (tertiary/aromatic N) is 1. The average Bonchev–Trinajstić information content (AvgIpc) is 2.34. The standard InChI is InChI=1S/C15H25NO2/c1-4-6-7-10-16(3)12-13-8-9-14(17)15(11-13)18-5-2/h8-9,11,17H,4-7,10,12H2,1-3H3. The second kappa shape index (κ2) is 7.98. The van der Waals surface area contributed by atoms with E-state index in [9.17, 15) is 5.11 Å². The monoisotopic (exact) mass is 251 g/mol. The fraction of sp³-hybridized carbons (Fsp3) is 0.600. The molecule has 0 saturated carbocycles. The van der Waals surface area contributed by atoms with Gasteiger partial charge in [0.1, 0.15) is 0 Å². The molecular weight excluding hydrogens is 226 g/mol. The maximum atomic E-state index is 9.63. The molecule has 1 aromatic carbocycles. The van der Waals surface area contributed by atoms with Crippen molar-refractivity contribution in [3.8, 4) is 11.5 Å². The van der Waals surface area contributed by atoms with Crippen LogP contribution in [0.1, 0.15) is 38.7 Å². The maximum absolute atomic E-state index is 9.63. The van der Waals surface area contributed by atoms with Crippen LogP contribution in [-0.2, 0) is 6.54 Å². The molecule has 0 aliphatic rings. The number of benzene rings is 1. The van der Waals surface area contributed by atoms with Gasteiger partial charge in [0.05, 0.1) is 6.61 Å². The van der Waals surface area contributed by atoms with Crippen molar-refractivity contribution < 1.29 is 9.84 Å². The molecule has 0 bridgehead atoms. The van der Waals surface area contributed by atoms with Crippen LogP contribution in [0.5, 0.6) is 11.5 Å². The first-order valence-electron chi connectivity index (χ1n) is 6.80. The van der Waals surface area contributed by atoms with E-state index in [-0.39, 0.29) is 5.75 Å². The number of unbranched alkanes of at least 4 members (excludes halogenated alkanes) is 2. The van der Waals surface area contributed by atoms with E-state index in [1.54, 1.807) is 6.07 Å². The molecule has 0 spiro atoms. The lowest BCUT2D eigenvalue weighted by Crippen LogP contribution is -2.19. The Bertz CT molecular complexity index is 352. The Morgan fingerprint density at radius 1 is 1.22 bits per heavy atom. The van der Waals surface area contributed by atoms with E-state index in [4.69, 9.17) is 4.74 Å². The number of ether oxygens (including phenoxy) is 1. The Labute approximate surface area is 110 Å². The molecule has 18 heavy (non-hydrogen) atoms. The van der Waals surface area contributed by atoms with E-state index >= 15 is 0 Å². The second-order valence-electron chi connectivity index (χ2n) is 4.68. The normalized spacial score (nSPS) is 10.9. The van der Waals surface area contributed by atoms with Crippen molar-refractivity contribution in [1.82, 2.24) is 4.90 Å². The molecule has 3 heteroatoms. The minimum Gasteiger partial charge on any atom is -0.504 e. The van der Waals surface area contributed by atoms with Crippen LogP contribution in [0.15, 0.2) is 18.2 Å². The fourth-order valence-electron chi connectivity index (χ4n) is 1.95. The maximum Gasteiger partial charge on any atom is 0.161 e. The Kier molecular flexibility index (Phi) is 6.58. The molecular formula is C15H25NO2. The summed E-state index contributed by atoms with van der Waals surface area (Å²) >= 11 is 0. The zero-order valence-electron chi connectivity index (χ0n) is 11.8. The van der Waals surface area contributed by atoms with Gasteiger partial charge in [0.25, 0.3) is 0 Å². The highest BCUT2D eigenvalue weighted by Gasteiger charge is 2.05. The van der Waals surface area contributed by atoms with Gasteiger partial charge < -0.3 is 14.7 Å². The van der Waals surface area contributed by atoms with Crippen molar-refractivity contribution in [2.24, 2.45) is 0 Å². The van der Waals surface area contributed by atoms with Crippen LogP contribution >= 0.6 is 0 Å². The highest BCUT2D eigenvalue weighted by atomic mass is 16.5. The molecule has 0 aliphatic carbocycles. The molecule has 1 rings (SSSR count). The van der Waals surface area contributed by atoms with Gasteiger partial charge in [0, 0.05) is 6.54 Å². The number of hydrogen-bond acceptors (Lipinski definition) is 3. The van der Waals surface area contributed by atoms with Crippen LogP contribution in [0.25, 0.3) is 0 Å². The average molecular weight is 251 g/mol. The summed E-state index contributed by atoms with van der Waals surface area (Å²) in [6.45, 7) is 6.71. The minimum absolute atomic E-state index is 0.217. The third kappa shape index (κ3) is 4.96. The molecule has 0 radical (unpaired) electrons. The third-order valence-corrected chi connectivity index (χ3v) is 2.92. The van der Waals surface area contributed by atoms with Crippen molar-refractivity contribution in [3.63, 3.8) is 0 Å². The van der Waals surface area contributed by atoms with Gasteiger partial charge in [-0.25, -0.2) is 0 Å². The molecule has 0 saturated heterocycles. The number of rotatable bonds is 8. The van der Waals surface area contributed by atoms with Gasteiger partial charge in [-0.05, 0) is 44.6 Å². The van der Waals surface area contributed by atoms with Crippen molar-refractivity contribution in [2.45, 2.75) is 39.7 Å². The molecule has 3 nitrogen and oxygen atoms in total. The summed E-state index contributed by atoms with van der Waals surface area (Å²) in [5.41, 5.74) is 1.18. The molecule has 0 fully saturated rings. The molecule has 0 atom stereocenters. The molecule has 0 unspecified atom stereocenters. The Balaban J connectivity index is 2.53. The van der Waals surface area contributed by atoms with E-state index < -0.39 is 0 Å². The number of hydrogen-bond donors (Lipinski definition) is 1. The van der Waals surface area contributed by atoms with E-state index in [1.807, 2.05) is 19.1 Å². The van der Waals surface area contributed by atoms with Gasteiger partial charge in [-0.15, -0.1) is 0 Å². The van der Waals surface area contributed by atoms with Gasteiger partial charge in [0.15, 0.2) is 11.5 Å². The van der Waals surface area contributed by atoms with Crippen molar-refractivity contribution in [3.05, 3.63) is 23.8 Å². The molecule has 0 aliphatic heterocycles. The van der Waals surface area contributed by atoms with E-state index in [0.717, 1.165) is 13.1 Å². The van der Waals surface area contributed by atoms with Crippen LogP contribution in [-0.4, -0.2) is 30.2 Å². The minimum atomic E-state index is 0.217. The van der Waals surface area contributed by atoms with Crippen molar-refractivity contribution in [2.75, 3.05) is 20.2 Å². The molecule has 0 amide bonds. The Morgan fingerprint density at radius 2 is 2.00 bits per heavy atom. The van der Waals surface area contributed by atoms with Gasteiger partial charge in [-0.2, -0.15) is 0 Å². The van der Waals surface area contributed by atoms with Crippen LogP contribution in [0, 0.1) is 0 Å². The Hall–Kier alpha value is -1.22.